The fourth-order valence-corrected chi connectivity index (χ4v) is 1.95. The van der Waals surface area contributed by atoms with Crippen molar-refractivity contribution in [1.82, 2.24) is 0 Å². The first kappa shape index (κ1) is 20.7. The molecule has 0 saturated carbocycles. The first-order chi connectivity index (χ1) is 10.1. The molecule has 1 aromatic rings. The monoisotopic (exact) mass is 328 g/mol. The molecule has 0 bridgehead atoms. The van der Waals surface area contributed by atoms with Crippen LogP contribution in [0.25, 0.3) is 0 Å². The number of para-hydroxylation sites is 2. The van der Waals surface area contributed by atoms with Gasteiger partial charge in [-0.3, -0.25) is 4.79 Å². The van der Waals surface area contributed by atoms with Crippen molar-refractivity contribution in [2.45, 2.75) is 46.0 Å². The van der Waals surface area contributed by atoms with Crippen molar-refractivity contribution < 1.29 is 9.53 Å². The van der Waals surface area contributed by atoms with Crippen LogP contribution in [0.2, 0.25) is 0 Å². The molecule has 0 atom stereocenters. The molecule has 3 N–H and O–H groups in total. The molecule has 0 radical (unpaired) electrons. The highest BCUT2D eigenvalue weighted by Crippen LogP contribution is 2.24. The summed E-state index contributed by atoms with van der Waals surface area (Å²) in [6.07, 6.45) is 4.63. The van der Waals surface area contributed by atoms with Gasteiger partial charge in [-0.05, 0) is 37.4 Å². The second-order valence-corrected chi connectivity index (χ2v) is 5.70. The topological polar surface area (TPSA) is 64.3 Å². The summed E-state index contributed by atoms with van der Waals surface area (Å²) in [5.74, 6) is 1.24. The van der Waals surface area contributed by atoms with Crippen LogP contribution in [-0.4, -0.2) is 19.1 Å². The largest absolute Gasteiger partial charge is 0.491 e. The van der Waals surface area contributed by atoms with Crippen LogP contribution in [-0.2, 0) is 4.79 Å². The average molecular weight is 329 g/mol. The van der Waals surface area contributed by atoms with Crippen LogP contribution < -0.4 is 15.8 Å². The molecule has 0 aliphatic heterocycles. The van der Waals surface area contributed by atoms with E-state index in [9.17, 15) is 4.79 Å². The number of anilines is 1. The van der Waals surface area contributed by atoms with Crippen LogP contribution in [0.4, 0.5) is 5.69 Å². The Morgan fingerprint density at radius 2 is 1.86 bits per heavy atom. The number of benzene rings is 1. The normalized spacial score (nSPS) is 10.2. The number of amides is 1. The lowest BCUT2D eigenvalue weighted by molar-refractivity contribution is -0.116. The zero-order chi connectivity index (χ0) is 15.5. The van der Waals surface area contributed by atoms with Gasteiger partial charge in [0.15, 0.2) is 0 Å². The predicted molar refractivity (Wildman–Crippen MR) is 94.8 cm³/mol. The van der Waals surface area contributed by atoms with Crippen molar-refractivity contribution in [3.63, 3.8) is 0 Å². The molecular weight excluding hydrogens is 300 g/mol. The Balaban J connectivity index is 0.00000441. The molecule has 126 valence electrons. The van der Waals surface area contributed by atoms with Crippen molar-refractivity contribution in [2.24, 2.45) is 11.7 Å². The summed E-state index contributed by atoms with van der Waals surface area (Å²) in [5.41, 5.74) is 6.20. The highest BCUT2D eigenvalue weighted by atomic mass is 35.5. The summed E-state index contributed by atoms with van der Waals surface area (Å²) in [4.78, 5) is 11.9. The smallest absolute Gasteiger partial charge is 0.224 e. The van der Waals surface area contributed by atoms with E-state index in [4.69, 9.17) is 10.5 Å². The van der Waals surface area contributed by atoms with E-state index in [-0.39, 0.29) is 18.3 Å². The summed E-state index contributed by atoms with van der Waals surface area (Å²) in [7, 11) is 0. The second kappa shape index (κ2) is 12.3. The van der Waals surface area contributed by atoms with Crippen molar-refractivity contribution in [2.75, 3.05) is 18.5 Å². The van der Waals surface area contributed by atoms with Crippen LogP contribution in [0, 0.1) is 5.92 Å². The summed E-state index contributed by atoms with van der Waals surface area (Å²) in [6, 6.07) is 7.58. The van der Waals surface area contributed by atoms with E-state index in [0.717, 1.165) is 43.7 Å². The van der Waals surface area contributed by atoms with Gasteiger partial charge in [0, 0.05) is 6.42 Å². The molecule has 22 heavy (non-hydrogen) atoms. The lowest BCUT2D eigenvalue weighted by atomic mass is 10.1. The maximum atomic E-state index is 11.9. The quantitative estimate of drug-likeness (QED) is 0.638. The summed E-state index contributed by atoms with van der Waals surface area (Å²) in [6.45, 7) is 5.57. The minimum atomic E-state index is 0. The average Bonchev–Trinajstić information content (AvgIpc) is 2.46. The lowest BCUT2D eigenvalue weighted by Gasteiger charge is -2.13. The van der Waals surface area contributed by atoms with Crippen molar-refractivity contribution in [3.05, 3.63) is 24.3 Å². The maximum Gasteiger partial charge on any atom is 0.224 e. The van der Waals surface area contributed by atoms with E-state index in [1.54, 1.807) is 0 Å². The molecule has 0 aliphatic rings. The van der Waals surface area contributed by atoms with Gasteiger partial charge in [0.05, 0.1) is 12.3 Å². The van der Waals surface area contributed by atoms with Gasteiger partial charge < -0.3 is 15.8 Å². The van der Waals surface area contributed by atoms with Crippen LogP contribution in [0.1, 0.15) is 46.0 Å². The molecule has 0 saturated heterocycles. The van der Waals surface area contributed by atoms with Gasteiger partial charge in [0.1, 0.15) is 5.75 Å². The zero-order valence-electron chi connectivity index (χ0n) is 13.6. The Morgan fingerprint density at radius 3 is 2.55 bits per heavy atom. The number of nitrogens with one attached hydrogen (secondary N) is 1. The van der Waals surface area contributed by atoms with Crippen LogP contribution in [0.15, 0.2) is 24.3 Å². The Hall–Kier alpha value is -1.26. The van der Waals surface area contributed by atoms with Crippen molar-refractivity contribution in [3.8, 4) is 5.75 Å². The predicted octanol–water partition coefficient (Wildman–Crippen LogP) is 3.99. The van der Waals surface area contributed by atoms with Gasteiger partial charge in [-0.15, -0.1) is 12.4 Å². The Morgan fingerprint density at radius 1 is 1.18 bits per heavy atom. The van der Waals surface area contributed by atoms with Crippen molar-refractivity contribution >= 4 is 24.0 Å². The maximum absolute atomic E-state index is 11.9. The van der Waals surface area contributed by atoms with Gasteiger partial charge in [0.2, 0.25) is 5.91 Å². The molecule has 4 nitrogen and oxygen atoms in total. The highest BCUT2D eigenvalue weighted by Gasteiger charge is 2.08. The molecule has 0 spiro atoms. The Labute approximate surface area is 140 Å². The summed E-state index contributed by atoms with van der Waals surface area (Å²) >= 11 is 0. The zero-order valence-corrected chi connectivity index (χ0v) is 14.5. The number of carbonyl (C=O) groups excluding carboxylic acids is 1. The Bertz CT molecular complexity index is 425. The van der Waals surface area contributed by atoms with E-state index in [1.165, 1.54) is 0 Å². The van der Waals surface area contributed by atoms with Crippen molar-refractivity contribution in [1.29, 1.82) is 0 Å². The molecule has 0 heterocycles. The molecule has 0 unspecified atom stereocenters. The van der Waals surface area contributed by atoms with Gasteiger partial charge >= 0.3 is 0 Å². The molecule has 0 aliphatic carbocycles. The van der Waals surface area contributed by atoms with E-state index in [0.29, 0.717) is 18.9 Å². The highest BCUT2D eigenvalue weighted by molar-refractivity contribution is 5.92. The van der Waals surface area contributed by atoms with E-state index >= 15 is 0 Å². The van der Waals surface area contributed by atoms with Gasteiger partial charge in [-0.2, -0.15) is 0 Å². The van der Waals surface area contributed by atoms with E-state index in [2.05, 4.69) is 19.2 Å². The van der Waals surface area contributed by atoms with Crippen LogP contribution in [0.5, 0.6) is 5.75 Å². The molecule has 1 amide bonds. The molecule has 5 heteroatoms. The summed E-state index contributed by atoms with van der Waals surface area (Å²) in [5, 5.41) is 2.94. The van der Waals surface area contributed by atoms with Gasteiger partial charge in [-0.25, -0.2) is 0 Å². The summed E-state index contributed by atoms with van der Waals surface area (Å²) < 4.78 is 5.73. The lowest BCUT2D eigenvalue weighted by Crippen LogP contribution is -2.13. The molecule has 0 aromatic heterocycles. The fourth-order valence-electron chi connectivity index (χ4n) is 1.95. The molecule has 0 fully saturated rings. The Kier molecular flexibility index (Phi) is 11.6. The first-order valence-corrected chi connectivity index (χ1v) is 7.85. The molecule has 1 rings (SSSR count). The standard InChI is InChI=1S/C17H28N2O2.ClH/c1-14(2)13-21-16-10-7-6-9-15(16)19-17(20)11-5-3-4-8-12-18;/h6-7,9-10,14H,3-5,8,11-13,18H2,1-2H3,(H,19,20);1H. The number of nitrogens with two attached hydrogens (primary N) is 1. The van der Waals surface area contributed by atoms with Crippen LogP contribution >= 0.6 is 12.4 Å². The third kappa shape index (κ3) is 8.90. The molecular formula is C17H29ClN2O2. The van der Waals surface area contributed by atoms with Gasteiger partial charge in [0.25, 0.3) is 0 Å². The van der Waals surface area contributed by atoms with Crippen LogP contribution in [0.3, 0.4) is 0 Å². The third-order valence-corrected chi connectivity index (χ3v) is 3.09. The minimum absolute atomic E-state index is 0. The number of rotatable bonds is 10. The number of carbonyl (C=O) groups is 1. The van der Waals surface area contributed by atoms with E-state index in [1.807, 2.05) is 24.3 Å². The van der Waals surface area contributed by atoms with Gasteiger partial charge in [-0.1, -0.05) is 38.8 Å². The number of halogens is 1. The SMILES string of the molecule is CC(C)COc1ccccc1NC(=O)CCCCCCN.Cl. The number of hydrogen-bond acceptors (Lipinski definition) is 3. The fraction of sp³-hybridized carbons (Fsp3) is 0.588. The second-order valence-electron chi connectivity index (χ2n) is 5.70. The number of hydrogen-bond donors (Lipinski definition) is 2. The third-order valence-electron chi connectivity index (χ3n) is 3.09. The molecule has 1 aromatic carbocycles. The van der Waals surface area contributed by atoms with E-state index < -0.39 is 0 Å². The first-order valence-electron chi connectivity index (χ1n) is 7.85. The number of unbranched alkanes of at least 4 members (excludes halogenated alkanes) is 3. The minimum Gasteiger partial charge on any atom is -0.491 e. The number of ether oxygens (including phenoxy) is 1.